The average Bonchev–Trinajstić information content (AvgIpc) is 2.98. The summed E-state index contributed by atoms with van der Waals surface area (Å²) in [4.78, 5) is 1.34. The molecule has 21 heavy (non-hydrogen) atoms. The normalized spacial score (nSPS) is 30.0. The third-order valence-corrected chi connectivity index (χ3v) is 6.56. The van der Waals surface area contributed by atoms with Crippen LogP contribution >= 0.6 is 11.3 Å². The molecule has 2 aliphatic rings. The molecule has 0 amide bonds. The first-order valence-electron chi connectivity index (χ1n) is 7.76. The van der Waals surface area contributed by atoms with E-state index < -0.39 is 0 Å². The highest BCUT2D eigenvalue weighted by atomic mass is 32.1. The van der Waals surface area contributed by atoms with Gasteiger partial charge in [-0.05, 0) is 25.0 Å². The first kappa shape index (κ1) is 13.1. The summed E-state index contributed by atoms with van der Waals surface area (Å²) in [6, 6.07) is 8.75. The number of fused-ring (bicyclic) bond motifs is 7. The highest BCUT2D eigenvalue weighted by Crippen LogP contribution is 2.61. The highest BCUT2D eigenvalue weighted by Gasteiger charge is 2.55. The lowest BCUT2D eigenvalue weighted by Crippen LogP contribution is -2.41. The second-order valence-corrected chi connectivity index (χ2v) is 7.30. The number of hydrogen-bond acceptors (Lipinski definition) is 2. The molecular weight excluding hydrogens is 276 g/mol. The van der Waals surface area contributed by atoms with Crippen LogP contribution < -0.4 is 0 Å². The fourth-order valence-electron chi connectivity index (χ4n) is 3.96. The summed E-state index contributed by atoms with van der Waals surface area (Å²) in [6.45, 7) is 6.86. The largest absolute Gasteiger partial charge is 0.480 e. The van der Waals surface area contributed by atoms with Gasteiger partial charge in [-0.3, -0.25) is 0 Å². The zero-order chi connectivity index (χ0) is 14.7. The van der Waals surface area contributed by atoms with E-state index in [4.69, 9.17) is 4.74 Å². The second kappa shape index (κ2) is 4.23. The Labute approximate surface area is 129 Å². The molecule has 108 valence electrons. The van der Waals surface area contributed by atoms with Crippen LogP contribution in [0.3, 0.4) is 0 Å². The molecule has 0 radical (unpaired) electrons. The smallest absolute Gasteiger partial charge is 0.145 e. The first-order chi connectivity index (χ1) is 10.1. The van der Waals surface area contributed by atoms with Gasteiger partial charge in [0, 0.05) is 21.1 Å². The van der Waals surface area contributed by atoms with E-state index >= 15 is 0 Å². The minimum Gasteiger partial charge on any atom is -0.480 e. The fraction of sp³-hybridized carbons (Fsp3) is 0.368. The number of allylic oxidation sites excluding steroid dienone is 2. The third-order valence-electron chi connectivity index (χ3n) is 5.37. The van der Waals surface area contributed by atoms with Gasteiger partial charge in [-0.15, -0.1) is 11.3 Å². The molecule has 0 fully saturated rings. The predicted molar refractivity (Wildman–Crippen MR) is 90.4 cm³/mol. The molecule has 2 atom stereocenters. The third kappa shape index (κ3) is 1.46. The molecule has 1 aromatic heterocycles. The van der Waals surface area contributed by atoms with Crippen molar-refractivity contribution in [3.63, 3.8) is 0 Å². The molecule has 0 spiro atoms. The highest BCUT2D eigenvalue weighted by molar-refractivity contribution is 7.20. The summed E-state index contributed by atoms with van der Waals surface area (Å²) >= 11 is 1.87. The summed E-state index contributed by atoms with van der Waals surface area (Å²) in [5.41, 5.74) is 1.22. The Hall–Kier alpha value is -1.54. The van der Waals surface area contributed by atoms with E-state index in [2.05, 4.69) is 63.3 Å². The lowest BCUT2D eigenvalue weighted by molar-refractivity contribution is -0.0460. The van der Waals surface area contributed by atoms with Crippen LogP contribution in [-0.4, -0.2) is 0 Å². The van der Waals surface area contributed by atoms with Gasteiger partial charge in [-0.1, -0.05) is 51.1 Å². The predicted octanol–water partition coefficient (Wildman–Crippen LogP) is 5.86. The van der Waals surface area contributed by atoms with Gasteiger partial charge in [-0.2, -0.15) is 0 Å². The number of hydrogen-bond donors (Lipinski definition) is 0. The quantitative estimate of drug-likeness (QED) is 0.674. The minimum atomic E-state index is -0.227. The van der Waals surface area contributed by atoms with Crippen LogP contribution in [0.4, 0.5) is 0 Å². The van der Waals surface area contributed by atoms with Crippen LogP contribution in [0.5, 0.6) is 0 Å². The van der Waals surface area contributed by atoms with E-state index in [0.29, 0.717) is 0 Å². The van der Waals surface area contributed by atoms with Gasteiger partial charge < -0.3 is 4.74 Å². The molecule has 4 rings (SSSR count). The fourth-order valence-corrected chi connectivity index (χ4v) is 5.19. The van der Waals surface area contributed by atoms with Gasteiger partial charge in [0.15, 0.2) is 0 Å². The lowest BCUT2D eigenvalue weighted by atomic mass is 9.66. The summed E-state index contributed by atoms with van der Waals surface area (Å²) in [7, 11) is 0. The Balaban J connectivity index is 2.13. The van der Waals surface area contributed by atoms with Gasteiger partial charge in [0.1, 0.15) is 11.4 Å². The first-order valence-corrected chi connectivity index (χ1v) is 8.58. The van der Waals surface area contributed by atoms with Crippen molar-refractivity contribution < 1.29 is 4.74 Å². The molecule has 2 heteroatoms. The maximum Gasteiger partial charge on any atom is 0.145 e. The Bertz CT molecular complexity index is 782. The van der Waals surface area contributed by atoms with E-state index in [0.717, 1.165) is 18.6 Å². The van der Waals surface area contributed by atoms with Crippen molar-refractivity contribution >= 4 is 27.2 Å². The number of rotatable bonds is 2. The Morgan fingerprint density at radius 3 is 2.71 bits per heavy atom. The van der Waals surface area contributed by atoms with Crippen LogP contribution in [0.1, 0.15) is 44.1 Å². The SMILES string of the molecule is CCC1(C)C=CC=C2OC1(CC)c1c2sc2ccccc12. The summed E-state index contributed by atoms with van der Waals surface area (Å²) in [5, 5.41) is 1.37. The lowest BCUT2D eigenvalue weighted by Gasteiger charge is -2.43. The molecule has 1 aromatic carbocycles. The molecule has 3 heterocycles. The molecule has 2 aromatic rings. The molecule has 0 N–H and O–H groups in total. The Kier molecular flexibility index (Phi) is 2.65. The molecular formula is C19H20OS. The van der Waals surface area contributed by atoms with E-state index in [9.17, 15) is 0 Å². The van der Waals surface area contributed by atoms with E-state index in [1.165, 1.54) is 20.5 Å². The van der Waals surface area contributed by atoms with Crippen LogP contribution in [0, 0.1) is 5.41 Å². The molecule has 2 unspecified atom stereocenters. The zero-order valence-electron chi connectivity index (χ0n) is 12.8. The van der Waals surface area contributed by atoms with Crippen molar-refractivity contribution in [3.05, 3.63) is 52.9 Å². The van der Waals surface area contributed by atoms with Crippen molar-refractivity contribution in [1.82, 2.24) is 0 Å². The van der Waals surface area contributed by atoms with Gasteiger partial charge in [-0.25, -0.2) is 0 Å². The monoisotopic (exact) mass is 296 g/mol. The van der Waals surface area contributed by atoms with Crippen LogP contribution in [0.15, 0.2) is 42.5 Å². The molecule has 2 aliphatic heterocycles. The molecule has 2 bridgehead atoms. The summed E-state index contributed by atoms with van der Waals surface area (Å²) < 4.78 is 7.96. The van der Waals surface area contributed by atoms with E-state index in [1.807, 2.05) is 11.3 Å². The van der Waals surface area contributed by atoms with Crippen molar-refractivity contribution in [1.29, 1.82) is 0 Å². The summed E-state index contributed by atoms with van der Waals surface area (Å²) in [6.07, 6.45) is 8.74. The van der Waals surface area contributed by atoms with E-state index in [1.54, 1.807) is 0 Å². The maximum absolute atomic E-state index is 6.59. The molecule has 0 aliphatic carbocycles. The van der Waals surface area contributed by atoms with Crippen molar-refractivity contribution in [3.8, 4) is 0 Å². The number of benzene rings is 1. The van der Waals surface area contributed by atoms with Crippen molar-refractivity contribution in [2.75, 3.05) is 0 Å². The number of thiophene rings is 1. The average molecular weight is 296 g/mol. The maximum atomic E-state index is 6.59. The van der Waals surface area contributed by atoms with Crippen LogP contribution in [0.25, 0.3) is 15.8 Å². The molecule has 1 nitrogen and oxygen atoms in total. The molecule has 0 saturated heterocycles. The number of ether oxygens (including phenoxy) is 1. The Morgan fingerprint density at radius 2 is 1.95 bits per heavy atom. The van der Waals surface area contributed by atoms with Crippen molar-refractivity contribution in [2.45, 2.75) is 39.2 Å². The zero-order valence-corrected chi connectivity index (χ0v) is 13.6. The molecule has 0 saturated carbocycles. The second-order valence-electron chi connectivity index (χ2n) is 6.25. The van der Waals surface area contributed by atoms with Gasteiger partial charge in [0.25, 0.3) is 0 Å². The minimum absolute atomic E-state index is 0.0229. The topological polar surface area (TPSA) is 9.23 Å². The van der Waals surface area contributed by atoms with Gasteiger partial charge in [0.2, 0.25) is 0 Å². The van der Waals surface area contributed by atoms with E-state index in [-0.39, 0.29) is 11.0 Å². The van der Waals surface area contributed by atoms with Crippen LogP contribution in [0.2, 0.25) is 0 Å². The van der Waals surface area contributed by atoms with Gasteiger partial charge >= 0.3 is 0 Å². The standard InChI is InChI=1S/C19H20OS/c1-4-18(3)12-8-10-14-17-16(19(18,5-2)20-14)13-9-6-7-11-15(13)21-17/h6-12H,4-5H2,1-3H3. The van der Waals surface area contributed by atoms with Crippen LogP contribution in [-0.2, 0) is 10.3 Å². The van der Waals surface area contributed by atoms with Crippen molar-refractivity contribution in [2.24, 2.45) is 5.41 Å². The summed E-state index contributed by atoms with van der Waals surface area (Å²) in [5.74, 6) is 1.06. The van der Waals surface area contributed by atoms with Gasteiger partial charge in [0.05, 0.1) is 4.88 Å². The Morgan fingerprint density at radius 1 is 1.14 bits per heavy atom.